The lowest BCUT2D eigenvalue weighted by molar-refractivity contribution is 0.469. The van der Waals surface area contributed by atoms with E-state index in [1.54, 1.807) is 10.9 Å². The number of phenols is 1. The van der Waals surface area contributed by atoms with Gasteiger partial charge in [0, 0.05) is 37.5 Å². The first-order chi connectivity index (χ1) is 13.4. The number of halogens is 1. The molecule has 0 amide bonds. The molecule has 0 atom stereocenters. The van der Waals surface area contributed by atoms with Gasteiger partial charge in [-0.3, -0.25) is 0 Å². The van der Waals surface area contributed by atoms with Gasteiger partial charge in [0.15, 0.2) is 5.65 Å². The van der Waals surface area contributed by atoms with Gasteiger partial charge in [-0.25, -0.2) is 24.0 Å². The molecule has 9 heteroatoms. The number of phenolic OH excluding ortho intramolecular Hbond substituents is 1. The van der Waals surface area contributed by atoms with Crippen LogP contribution < -0.4 is 10.6 Å². The quantitative estimate of drug-likeness (QED) is 0.561. The predicted octanol–water partition coefficient (Wildman–Crippen LogP) is 2.43. The molecule has 0 spiro atoms. The molecule has 0 saturated carbocycles. The Morgan fingerprint density at radius 2 is 2.00 bits per heavy atom. The number of hydrogen-bond donors (Lipinski definition) is 2. The molecule has 0 aliphatic carbocycles. The molecule has 0 bridgehead atoms. The number of fused-ring (bicyclic) bond motifs is 1. The topological polar surface area (TPSA) is 106 Å². The molecule has 3 N–H and O–H groups in total. The van der Waals surface area contributed by atoms with Gasteiger partial charge in [0.2, 0.25) is 0 Å². The number of hydrogen-bond acceptors (Lipinski definition) is 7. The second-order valence-corrected chi connectivity index (χ2v) is 6.54. The maximum absolute atomic E-state index is 13.8. The van der Waals surface area contributed by atoms with E-state index in [1.807, 2.05) is 31.1 Å². The fourth-order valence-corrected chi connectivity index (χ4v) is 3.17. The highest BCUT2D eigenvalue weighted by Crippen LogP contribution is 2.33. The molecule has 8 nitrogen and oxygen atoms in total. The minimum absolute atomic E-state index is 0.199. The van der Waals surface area contributed by atoms with Crippen LogP contribution in [0.5, 0.6) is 5.75 Å². The predicted molar refractivity (Wildman–Crippen MR) is 104 cm³/mol. The second kappa shape index (κ2) is 6.76. The van der Waals surface area contributed by atoms with Crippen LogP contribution in [0.25, 0.3) is 22.3 Å². The Hall–Kier alpha value is -3.75. The van der Waals surface area contributed by atoms with Crippen molar-refractivity contribution in [3.05, 3.63) is 54.2 Å². The van der Waals surface area contributed by atoms with Crippen LogP contribution in [-0.4, -0.2) is 43.9 Å². The van der Waals surface area contributed by atoms with Crippen molar-refractivity contribution in [1.82, 2.24) is 24.7 Å². The number of aromatic nitrogens is 5. The van der Waals surface area contributed by atoms with Crippen molar-refractivity contribution >= 4 is 22.7 Å². The zero-order valence-electron chi connectivity index (χ0n) is 15.3. The minimum Gasteiger partial charge on any atom is -0.508 e. The fraction of sp³-hybridized carbons (Fsp3) is 0.158. The molecule has 1 aromatic carbocycles. The Kier molecular flexibility index (Phi) is 4.26. The number of benzene rings is 1. The van der Waals surface area contributed by atoms with E-state index in [9.17, 15) is 9.50 Å². The summed E-state index contributed by atoms with van der Waals surface area (Å²) in [6, 6.07) is 7.54. The Bertz CT molecular complexity index is 1150. The van der Waals surface area contributed by atoms with Crippen LogP contribution in [0.2, 0.25) is 0 Å². The summed E-state index contributed by atoms with van der Waals surface area (Å²) >= 11 is 0. The molecule has 0 aliphatic heterocycles. The van der Waals surface area contributed by atoms with E-state index >= 15 is 0 Å². The first kappa shape index (κ1) is 17.7. The normalized spacial score (nSPS) is 11.1. The zero-order chi connectivity index (χ0) is 19.8. The number of pyridine rings is 1. The van der Waals surface area contributed by atoms with E-state index in [2.05, 4.69) is 20.1 Å². The summed E-state index contributed by atoms with van der Waals surface area (Å²) in [5.41, 5.74) is 8.31. The van der Waals surface area contributed by atoms with Crippen LogP contribution >= 0.6 is 0 Å². The van der Waals surface area contributed by atoms with Crippen LogP contribution in [0.1, 0.15) is 5.56 Å². The van der Waals surface area contributed by atoms with Gasteiger partial charge in [0.25, 0.3) is 0 Å². The van der Waals surface area contributed by atoms with Gasteiger partial charge in [-0.05, 0) is 18.2 Å². The van der Waals surface area contributed by atoms with Crippen LogP contribution in [0.15, 0.2) is 42.9 Å². The lowest BCUT2D eigenvalue weighted by atomic mass is 10.1. The van der Waals surface area contributed by atoms with E-state index in [4.69, 9.17) is 5.73 Å². The molecule has 28 heavy (non-hydrogen) atoms. The fourth-order valence-electron chi connectivity index (χ4n) is 3.17. The van der Waals surface area contributed by atoms with Crippen LogP contribution in [-0.2, 0) is 6.54 Å². The molecular weight excluding hydrogens is 361 g/mol. The van der Waals surface area contributed by atoms with Crippen molar-refractivity contribution < 1.29 is 9.50 Å². The maximum Gasteiger partial charge on any atom is 0.164 e. The third-order valence-electron chi connectivity index (χ3n) is 4.33. The monoisotopic (exact) mass is 379 g/mol. The summed E-state index contributed by atoms with van der Waals surface area (Å²) in [6.45, 7) is 0.385. The summed E-state index contributed by atoms with van der Waals surface area (Å²) in [5.74, 6) is 0.262. The molecule has 4 rings (SSSR count). The van der Waals surface area contributed by atoms with Crippen molar-refractivity contribution in [2.24, 2.45) is 0 Å². The lowest BCUT2D eigenvalue weighted by Gasteiger charge is -2.15. The summed E-state index contributed by atoms with van der Waals surface area (Å²) in [6.07, 6.45) is 3.08. The van der Waals surface area contributed by atoms with Crippen molar-refractivity contribution in [3.8, 4) is 17.0 Å². The van der Waals surface area contributed by atoms with E-state index in [0.29, 0.717) is 28.8 Å². The molecule has 0 saturated heterocycles. The lowest BCUT2D eigenvalue weighted by Crippen LogP contribution is -2.15. The SMILES string of the molecule is CN(C)c1ncccc1Cn1nc(-c2cc(O)cc(F)c2)c2c(N)ncnc21. The van der Waals surface area contributed by atoms with Crippen molar-refractivity contribution in [1.29, 1.82) is 0 Å². The van der Waals surface area contributed by atoms with Gasteiger partial charge in [-0.1, -0.05) is 6.07 Å². The number of rotatable bonds is 4. The van der Waals surface area contributed by atoms with Gasteiger partial charge in [-0.15, -0.1) is 0 Å². The third-order valence-corrected chi connectivity index (χ3v) is 4.33. The Labute approximate surface area is 160 Å². The number of nitrogens with zero attached hydrogens (tertiary/aromatic N) is 6. The summed E-state index contributed by atoms with van der Waals surface area (Å²) in [4.78, 5) is 14.7. The highest BCUT2D eigenvalue weighted by atomic mass is 19.1. The number of nitrogens with two attached hydrogens (primary N) is 1. The number of nitrogen functional groups attached to an aromatic ring is 1. The largest absolute Gasteiger partial charge is 0.508 e. The molecule has 142 valence electrons. The number of anilines is 2. The average molecular weight is 379 g/mol. The molecule has 4 aromatic rings. The Balaban J connectivity index is 1.91. The second-order valence-electron chi connectivity index (χ2n) is 6.54. The average Bonchev–Trinajstić information content (AvgIpc) is 3.01. The zero-order valence-corrected chi connectivity index (χ0v) is 15.3. The van der Waals surface area contributed by atoms with E-state index < -0.39 is 5.82 Å². The van der Waals surface area contributed by atoms with Gasteiger partial charge >= 0.3 is 0 Å². The highest BCUT2D eigenvalue weighted by Gasteiger charge is 2.19. The van der Waals surface area contributed by atoms with Crippen molar-refractivity contribution in [2.45, 2.75) is 6.54 Å². The summed E-state index contributed by atoms with van der Waals surface area (Å²) in [7, 11) is 3.82. The molecule has 0 unspecified atom stereocenters. The first-order valence-corrected chi connectivity index (χ1v) is 8.52. The molecule has 0 fully saturated rings. The molecule has 0 aliphatic rings. The van der Waals surface area contributed by atoms with E-state index in [-0.39, 0.29) is 11.6 Å². The molecule has 3 aromatic heterocycles. The van der Waals surface area contributed by atoms with Crippen LogP contribution in [0, 0.1) is 5.82 Å². The third kappa shape index (κ3) is 3.07. The molecule has 3 heterocycles. The standard InChI is InChI=1S/C19H18FN7O/c1-26(2)18-11(4-3-5-22-18)9-27-19-15(17(21)23-10-24-19)16(25-27)12-6-13(20)8-14(28)7-12/h3-8,10,28H,9H2,1-2H3,(H2,21,23,24). The Morgan fingerprint density at radius 3 is 2.75 bits per heavy atom. The van der Waals surface area contributed by atoms with Gasteiger partial charge in [0.1, 0.15) is 35.2 Å². The summed E-state index contributed by atoms with van der Waals surface area (Å²) in [5, 5.41) is 14.9. The summed E-state index contributed by atoms with van der Waals surface area (Å²) < 4.78 is 15.5. The van der Waals surface area contributed by atoms with Crippen LogP contribution in [0.4, 0.5) is 16.0 Å². The van der Waals surface area contributed by atoms with Gasteiger partial charge in [-0.2, -0.15) is 5.10 Å². The van der Waals surface area contributed by atoms with Crippen molar-refractivity contribution in [2.75, 3.05) is 24.7 Å². The minimum atomic E-state index is -0.574. The van der Waals surface area contributed by atoms with E-state index in [0.717, 1.165) is 17.4 Å². The molecule has 0 radical (unpaired) electrons. The van der Waals surface area contributed by atoms with Gasteiger partial charge in [0.05, 0.1) is 11.9 Å². The maximum atomic E-state index is 13.8. The molecular formula is C19H18FN7O. The highest BCUT2D eigenvalue weighted by molar-refractivity contribution is 5.98. The first-order valence-electron chi connectivity index (χ1n) is 8.52. The Morgan fingerprint density at radius 1 is 1.18 bits per heavy atom. The van der Waals surface area contributed by atoms with Crippen molar-refractivity contribution in [3.63, 3.8) is 0 Å². The van der Waals surface area contributed by atoms with E-state index in [1.165, 1.54) is 18.5 Å². The smallest absolute Gasteiger partial charge is 0.164 e. The van der Waals surface area contributed by atoms with Crippen LogP contribution in [0.3, 0.4) is 0 Å². The van der Waals surface area contributed by atoms with Gasteiger partial charge < -0.3 is 15.7 Å². The number of aromatic hydroxyl groups is 1.